The number of hydrogen-bond donors (Lipinski definition) is 0. The number of likely N-dealkylation sites (tertiary alicyclic amines) is 1. The predicted octanol–water partition coefficient (Wildman–Crippen LogP) is 4.25. The molecule has 30 heavy (non-hydrogen) atoms. The van der Waals surface area contributed by atoms with Crippen molar-refractivity contribution >= 4 is 17.2 Å². The number of rotatable bonds is 10. The molecule has 1 aromatic heterocycles. The fourth-order valence-corrected chi connectivity index (χ4v) is 4.84. The summed E-state index contributed by atoms with van der Waals surface area (Å²) in [6.45, 7) is 2.71. The van der Waals surface area contributed by atoms with Crippen molar-refractivity contribution in [2.24, 2.45) is 0 Å². The van der Waals surface area contributed by atoms with Crippen molar-refractivity contribution < 1.29 is 14.3 Å². The van der Waals surface area contributed by atoms with Crippen LogP contribution in [0.25, 0.3) is 0 Å². The molecule has 0 N–H and O–H groups in total. The number of amides is 1. The number of likely N-dealkylation sites (N-methyl/N-ethyl adjacent to an activating group) is 1. The summed E-state index contributed by atoms with van der Waals surface area (Å²) in [5, 5.41) is 2.10. The van der Waals surface area contributed by atoms with Crippen molar-refractivity contribution in [3.8, 4) is 11.5 Å². The number of carbonyl (C=O) groups is 1. The number of carbonyl (C=O) groups excluding carboxylic acids is 1. The highest BCUT2D eigenvalue weighted by Gasteiger charge is 2.25. The number of benzene rings is 1. The van der Waals surface area contributed by atoms with Gasteiger partial charge in [0.05, 0.1) is 14.2 Å². The summed E-state index contributed by atoms with van der Waals surface area (Å²) in [7, 11) is 5.50. The van der Waals surface area contributed by atoms with Crippen LogP contribution >= 0.6 is 11.3 Å². The summed E-state index contributed by atoms with van der Waals surface area (Å²) in [5.41, 5.74) is 1.23. The molecule has 0 unspecified atom stereocenters. The Balaban J connectivity index is 1.45. The van der Waals surface area contributed by atoms with Crippen LogP contribution in [0.2, 0.25) is 0 Å². The maximum Gasteiger partial charge on any atom is 0.222 e. The molecule has 1 saturated heterocycles. The Labute approximate surface area is 184 Å². The summed E-state index contributed by atoms with van der Waals surface area (Å²) in [5.74, 6) is 1.84. The van der Waals surface area contributed by atoms with Gasteiger partial charge in [0.25, 0.3) is 0 Å². The Bertz CT molecular complexity index is 794. The Kier molecular flexibility index (Phi) is 8.58. The summed E-state index contributed by atoms with van der Waals surface area (Å²) >= 11 is 1.78. The van der Waals surface area contributed by atoms with E-state index >= 15 is 0 Å². The van der Waals surface area contributed by atoms with Gasteiger partial charge in [0.15, 0.2) is 11.5 Å². The molecule has 0 spiro atoms. The maximum atomic E-state index is 12.7. The van der Waals surface area contributed by atoms with Crippen LogP contribution in [0.3, 0.4) is 0 Å². The molecule has 5 nitrogen and oxygen atoms in total. The van der Waals surface area contributed by atoms with Gasteiger partial charge in [0.2, 0.25) is 5.91 Å². The largest absolute Gasteiger partial charge is 0.493 e. The number of ether oxygens (including phenoxy) is 2. The van der Waals surface area contributed by atoms with E-state index in [9.17, 15) is 4.79 Å². The van der Waals surface area contributed by atoms with Crippen molar-refractivity contribution in [3.05, 3.63) is 46.2 Å². The van der Waals surface area contributed by atoms with Gasteiger partial charge in [0.1, 0.15) is 0 Å². The van der Waals surface area contributed by atoms with E-state index < -0.39 is 0 Å². The first-order valence-corrected chi connectivity index (χ1v) is 11.7. The second-order valence-electron chi connectivity index (χ2n) is 7.99. The molecule has 1 aliphatic rings. The molecular weight excluding hydrogens is 396 g/mol. The fourth-order valence-electron chi connectivity index (χ4n) is 4.09. The van der Waals surface area contributed by atoms with Crippen LogP contribution in [0, 0.1) is 0 Å². The van der Waals surface area contributed by atoms with E-state index in [0.29, 0.717) is 18.4 Å². The van der Waals surface area contributed by atoms with Gasteiger partial charge in [-0.25, -0.2) is 0 Å². The Morgan fingerprint density at radius 1 is 1.20 bits per heavy atom. The van der Waals surface area contributed by atoms with Gasteiger partial charge in [-0.05, 0) is 68.3 Å². The van der Waals surface area contributed by atoms with Crippen molar-refractivity contribution in [1.82, 2.24) is 9.80 Å². The van der Waals surface area contributed by atoms with Crippen LogP contribution in [0.5, 0.6) is 11.5 Å². The third kappa shape index (κ3) is 6.22. The summed E-state index contributed by atoms with van der Waals surface area (Å²) in [6, 6.07) is 10.8. The molecule has 1 atom stereocenters. The molecule has 0 aliphatic carbocycles. The van der Waals surface area contributed by atoms with Crippen molar-refractivity contribution in [1.29, 1.82) is 0 Å². The molecule has 2 heterocycles. The molecule has 2 aromatic rings. The number of hydrogen-bond acceptors (Lipinski definition) is 5. The zero-order valence-corrected chi connectivity index (χ0v) is 19.2. The average Bonchev–Trinajstić information content (AvgIpc) is 3.30. The van der Waals surface area contributed by atoms with E-state index in [1.54, 1.807) is 25.6 Å². The Hall–Kier alpha value is -2.05. The lowest BCUT2D eigenvalue weighted by atomic mass is 10.0. The fraction of sp³-hybridized carbons (Fsp3) is 0.542. The van der Waals surface area contributed by atoms with E-state index in [1.165, 1.54) is 10.4 Å². The minimum Gasteiger partial charge on any atom is -0.493 e. The minimum atomic E-state index is 0.310. The van der Waals surface area contributed by atoms with Gasteiger partial charge in [-0.15, -0.1) is 11.3 Å². The van der Waals surface area contributed by atoms with Crippen molar-refractivity contribution in [3.63, 3.8) is 0 Å². The standard InChI is InChI=1S/C24H34N2O3S/c1-25(15-13-19-11-12-22(28-2)23(17-19)29-3)20-7-5-14-26(18-20)24(27)10-4-8-21-9-6-16-30-21/h6,9,11-12,16-17,20H,4-5,7-8,10,13-15,18H2,1-3H3/t20-/m0/s1. The highest BCUT2D eigenvalue weighted by Crippen LogP contribution is 2.28. The maximum absolute atomic E-state index is 12.7. The Morgan fingerprint density at radius 3 is 2.77 bits per heavy atom. The quantitative estimate of drug-likeness (QED) is 0.565. The third-order valence-corrected chi connectivity index (χ3v) is 6.90. The number of nitrogens with zero attached hydrogens (tertiary/aromatic N) is 2. The molecule has 1 amide bonds. The van der Waals surface area contributed by atoms with Crippen LogP contribution < -0.4 is 9.47 Å². The van der Waals surface area contributed by atoms with Gasteiger partial charge >= 0.3 is 0 Å². The summed E-state index contributed by atoms with van der Waals surface area (Å²) in [4.78, 5) is 18.5. The number of thiophene rings is 1. The van der Waals surface area contributed by atoms with Gasteiger partial charge < -0.3 is 19.3 Å². The first-order valence-electron chi connectivity index (χ1n) is 10.8. The van der Waals surface area contributed by atoms with Crippen LogP contribution in [-0.4, -0.2) is 62.7 Å². The number of methoxy groups -OCH3 is 2. The highest BCUT2D eigenvalue weighted by atomic mass is 32.1. The molecular formula is C24H34N2O3S. The molecule has 0 saturated carbocycles. The van der Waals surface area contributed by atoms with Gasteiger partial charge in [-0.1, -0.05) is 12.1 Å². The summed E-state index contributed by atoms with van der Waals surface area (Å²) in [6.07, 6.45) is 5.78. The normalized spacial score (nSPS) is 16.7. The lowest BCUT2D eigenvalue weighted by molar-refractivity contribution is -0.133. The van der Waals surface area contributed by atoms with E-state index in [0.717, 1.165) is 63.2 Å². The molecule has 1 aliphatic heterocycles. The second-order valence-corrected chi connectivity index (χ2v) is 9.02. The molecule has 1 fully saturated rings. The molecule has 3 rings (SSSR count). The Morgan fingerprint density at radius 2 is 2.03 bits per heavy atom. The van der Waals surface area contributed by atoms with Crippen LogP contribution in [0.4, 0.5) is 0 Å². The highest BCUT2D eigenvalue weighted by molar-refractivity contribution is 7.09. The first kappa shape index (κ1) is 22.6. The molecule has 164 valence electrons. The monoisotopic (exact) mass is 430 g/mol. The van der Waals surface area contributed by atoms with Crippen LogP contribution in [0.1, 0.15) is 36.1 Å². The smallest absolute Gasteiger partial charge is 0.222 e. The van der Waals surface area contributed by atoms with Crippen molar-refractivity contribution in [2.45, 2.75) is 44.6 Å². The lowest BCUT2D eigenvalue weighted by Gasteiger charge is -2.38. The first-order chi connectivity index (χ1) is 14.6. The number of piperidine rings is 1. The molecule has 1 aromatic carbocycles. The van der Waals surface area contributed by atoms with Gasteiger partial charge in [-0.3, -0.25) is 4.79 Å². The van der Waals surface area contributed by atoms with Crippen LogP contribution in [-0.2, 0) is 17.6 Å². The van der Waals surface area contributed by atoms with Gasteiger partial charge in [-0.2, -0.15) is 0 Å². The number of aryl methyl sites for hydroxylation is 1. The predicted molar refractivity (Wildman–Crippen MR) is 123 cm³/mol. The third-order valence-electron chi connectivity index (χ3n) is 5.97. The van der Waals surface area contributed by atoms with E-state index in [2.05, 4.69) is 46.5 Å². The zero-order chi connectivity index (χ0) is 21.3. The van der Waals surface area contributed by atoms with E-state index in [4.69, 9.17) is 9.47 Å². The van der Waals surface area contributed by atoms with Crippen LogP contribution in [0.15, 0.2) is 35.7 Å². The van der Waals surface area contributed by atoms with E-state index in [-0.39, 0.29) is 0 Å². The molecule has 0 bridgehead atoms. The van der Waals surface area contributed by atoms with E-state index in [1.807, 2.05) is 6.07 Å². The SMILES string of the molecule is COc1ccc(CCN(C)[C@H]2CCCN(C(=O)CCCc3cccs3)C2)cc1OC. The minimum absolute atomic E-state index is 0.310. The zero-order valence-electron chi connectivity index (χ0n) is 18.4. The summed E-state index contributed by atoms with van der Waals surface area (Å²) < 4.78 is 10.7. The second kappa shape index (κ2) is 11.4. The lowest BCUT2D eigenvalue weighted by Crippen LogP contribution is -2.49. The molecule has 6 heteroatoms. The van der Waals surface area contributed by atoms with Gasteiger partial charge in [0, 0.05) is 37.0 Å². The van der Waals surface area contributed by atoms with Crippen molar-refractivity contribution in [2.75, 3.05) is 40.9 Å². The topological polar surface area (TPSA) is 42.0 Å². The average molecular weight is 431 g/mol. The molecule has 0 radical (unpaired) electrons.